The van der Waals surface area contributed by atoms with Gasteiger partial charge in [-0.25, -0.2) is 4.98 Å². The SMILES string of the molecule is CC(C)Cn1cncc1CN1CCC2(CC1)C[C@](C)(O)[C@@H](NC(=O)C1CC1)CO2. The Hall–Kier alpha value is -1.44. The van der Waals surface area contributed by atoms with E-state index < -0.39 is 5.60 Å². The maximum atomic E-state index is 12.1. The minimum absolute atomic E-state index is 0.0719. The van der Waals surface area contributed by atoms with Gasteiger partial charge < -0.3 is 19.7 Å². The second-order valence-electron chi connectivity index (χ2n) is 10.1. The van der Waals surface area contributed by atoms with E-state index in [0.717, 1.165) is 51.9 Å². The van der Waals surface area contributed by atoms with Crippen LogP contribution in [0.1, 0.15) is 58.6 Å². The molecule has 2 aliphatic heterocycles. The highest BCUT2D eigenvalue weighted by Gasteiger charge is 2.50. The van der Waals surface area contributed by atoms with Crippen LogP contribution in [0.15, 0.2) is 12.5 Å². The number of carbonyl (C=O) groups excluding carboxylic acids is 1. The summed E-state index contributed by atoms with van der Waals surface area (Å²) in [6, 6.07) is -0.315. The van der Waals surface area contributed by atoms with Crippen molar-refractivity contribution in [2.24, 2.45) is 11.8 Å². The molecule has 3 aliphatic rings. The van der Waals surface area contributed by atoms with Gasteiger partial charge in [-0.1, -0.05) is 13.8 Å². The number of aliphatic hydroxyl groups is 1. The molecule has 1 saturated carbocycles. The quantitative estimate of drug-likeness (QED) is 0.758. The van der Waals surface area contributed by atoms with E-state index in [0.29, 0.717) is 18.9 Å². The summed E-state index contributed by atoms with van der Waals surface area (Å²) in [6.07, 6.45) is 8.24. The normalized spacial score (nSPS) is 30.0. The molecule has 2 atom stereocenters. The molecule has 0 radical (unpaired) electrons. The molecule has 2 N–H and O–H groups in total. The zero-order valence-electron chi connectivity index (χ0n) is 18.1. The van der Waals surface area contributed by atoms with Gasteiger partial charge in [0.25, 0.3) is 0 Å². The van der Waals surface area contributed by atoms with E-state index in [2.05, 4.69) is 33.6 Å². The molecule has 162 valence electrons. The predicted octanol–water partition coefficient (Wildman–Crippen LogP) is 1.94. The number of hydrogen-bond donors (Lipinski definition) is 2. The molecule has 1 amide bonds. The zero-order valence-corrected chi connectivity index (χ0v) is 18.1. The predicted molar refractivity (Wildman–Crippen MR) is 110 cm³/mol. The van der Waals surface area contributed by atoms with Crippen LogP contribution in [0.4, 0.5) is 0 Å². The summed E-state index contributed by atoms with van der Waals surface area (Å²) < 4.78 is 8.55. The Bertz CT molecular complexity index is 717. The van der Waals surface area contributed by atoms with Crippen LogP contribution >= 0.6 is 0 Å². The number of hydrogen-bond acceptors (Lipinski definition) is 5. The number of ether oxygens (including phenoxy) is 1. The van der Waals surface area contributed by atoms with Crippen molar-refractivity contribution >= 4 is 5.91 Å². The van der Waals surface area contributed by atoms with Crippen molar-refractivity contribution in [1.29, 1.82) is 0 Å². The molecular weight excluding hydrogens is 368 g/mol. The molecular formula is C22H36N4O3. The van der Waals surface area contributed by atoms with Crippen molar-refractivity contribution in [1.82, 2.24) is 19.8 Å². The first-order valence-electron chi connectivity index (χ1n) is 11.1. The van der Waals surface area contributed by atoms with Crippen LogP contribution < -0.4 is 5.32 Å². The molecule has 7 nitrogen and oxygen atoms in total. The van der Waals surface area contributed by atoms with Gasteiger partial charge in [0, 0.05) is 44.7 Å². The number of imidazole rings is 1. The molecule has 29 heavy (non-hydrogen) atoms. The Morgan fingerprint density at radius 1 is 1.38 bits per heavy atom. The largest absolute Gasteiger partial charge is 0.388 e. The van der Waals surface area contributed by atoms with E-state index >= 15 is 0 Å². The van der Waals surface area contributed by atoms with Crippen molar-refractivity contribution in [2.45, 2.75) is 83.2 Å². The van der Waals surface area contributed by atoms with Crippen molar-refractivity contribution in [2.75, 3.05) is 19.7 Å². The molecule has 3 fully saturated rings. The van der Waals surface area contributed by atoms with E-state index in [9.17, 15) is 9.90 Å². The van der Waals surface area contributed by atoms with Crippen molar-refractivity contribution in [3.8, 4) is 0 Å². The highest BCUT2D eigenvalue weighted by Crippen LogP contribution is 2.40. The summed E-state index contributed by atoms with van der Waals surface area (Å²) in [4.78, 5) is 18.9. The van der Waals surface area contributed by atoms with Gasteiger partial charge in [0.05, 0.1) is 35.9 Å². The number of nitrogens with one attached hydrogen (secondary N) is 1. The lowest BCUT2D eigenvalue weighted by Crippen LogP contribution is -2.64. The van der Waals surface area contributed by atoms with Crippen LogP contribution in [0.2, 0.25) is 0 Å². The van der Waals surface area contributed by atoms with Crippen LogP contribution in [-0.4, -0.2) is 62.4 Å². The second-order valence-corrected chi connectivity index (χ2v) is 10.1. The Kier molecular flexibility index (Phi) is 5.75. The third-order valence-electron chi connectivity index (χ3n) is 6.76. The van der Waals surface area contributed by atoms with Crippen LogP contribution in [0.25, 0.3) is 0 Å². The third-order valence-corrected chi connectivity index (χ3v) is 6.76. The van der Waals surface area contributed by atoms with Gasteiger partial charge in [-0.3, -0.25) is 9.69 Å². The van der Waals surface area contributed by atoms with E-state index in [4.69, 9.17) is 4.74 Å². The summed E-state index contributed by atoms with van der Waals surface area (Å²) in [5, 5.41) is 14.1. The summed E-state index contributed by atoms with van der Waals surface area (Å²) in [6.45, 7) is 10.5. The molecule has 2 saturated heterocycles. The van der Waals surface area contributed by atoms with Crippen molar-refractivity contribution in [3.63, 3.8) is 0 Å². The van der Waals surface area contributed by atoms with E-state index in [1.165, 1.54) is 5.69 Å². The lowest BCUT2D eigenvalue weighted by molar-refractivity contribution is -0.189. The van der Waals surface area contributed by atoms with Crippen molar-refractivity contribution < 1.29 is 14.6 Å². The number of amides is 1. The smallest absolute Gasteiger partial charge is 0.223 e. The fourth-order valence-electron chi connectivity index (χ4n) is 4.80. The van der Waals surface area contributed by atoms with Crippen LogP contribution in [0.3, 0.4) is 0 Å². The molecule has 1 spiro atoms. The molecule has 0 bridgehead atoms. The molecule has 1 aromatic rings. The third kappa shape index (κ3) is 4.84. The average molecular weight is 405 g/mol. The average Bonchev–Trinajstić information content (AvgIpc) is 3.42. The Morgan fingerprint density at radius 3 is 2.72 bits per heavy atom. The van der Waals surface area contributed by atoms with Crippen LogP contribution in [0, 0.1) is 11.8 Å². The fraction of sp³-hybridized carbons (Fsp3) is 0.818. The topological polar surface area (TPSA) is 79.6 Å². The first kappa shape index (κ1) is 20.8. The lowest BCUT2D eigenvalue weighted by atomic mass is 9.75. The number of carbonyl (C=O) groups is 1. The number of rotatable bonds is 6. The second kappa shape index (κ2) is 8.00. The molecule has 1 aliphatic carbocycles. The highest BCUT2D eigenvalue weighted by molar-refractivity contribution is 5.81. The van der Waals surface area contributed by atoms with Gasteiger partial charge >= 0.3 is 0 Å². The van der Waals surface area contributed by atoms with Gasteiger partial charge in [-0.2, -0.15) is 0 Å². The zero-order chi connectivity index (χ0) is 20.6. The lowest BCUT2D eigenvalue weighted by Gasteiger charge is -2.51. The van der Waals surface area contributed by atoms with Gasteiger partial charge in [0.2, 0.25) is 5.91 Å². The molecule has 3 heterocycles. The summed E-state index contributed by atoms with van der Waals surface area (Å²) in [5.41, 5.74) is 0.0499. The van der Waals surface area contributed by atoms with Gasteiger partial charge in [0.1, 0.15) is 0 Å². The summed E-state index contributed by atoms with van der Waals surface area (Å²) >= 11 is 0. The van der Waals surface area contributed by atoms with E-state index in [1.54, 1.807) is 0 Å². The number of likely N-dealkylation sites (tertiary alicyclic amines) is 1. The molecule has 7 heteroatoms. The Balaban J connectivity index is 1.31. The first-order valence-corrected chi connectivity index (χ1v) is 11.1. The molecule has 0 unspecified atom stereocenters. The van der Waals surface area contributed by atoms with Crippen molar-refractivity contribution in [3.05, 3.63) is 18.2 Å². The number of aromatic nitrogens is 2. The van der Waals surface area contributed by atoms with Crippen LogP contribution in [-0.2, 0) is 22.6 Å². The van der Waals surface area contributed by atoms with E-state index in [-0.39, 0.29) is 23.5 Å². The molecule has 1 aromatic heterocycles. The molecule has 0 aromatic carbocycles. The number of piperidine rings is 1. The first-order chi connectivity index (χ1) is 13.8. The summed E-state index contributed by atoms with van der Waals surface area (Å²) in [7, 11) is 0. The Morgan fingerprint density at radius 2 is 2.10 bits per heavy atom. The Labute approximate surface area is 173 Å². The van der Waals surface area contributed by atoms with Crippen LogP contribution in [0.5, 0.6) is 0 Å². The standard InChI is InChI=1S/C22H36N4O3/c1-16(2)11-26-15-23-10-18(26)12-25-8-6-22(7-9-25)14-21(3,28)19(13-29-22)24-20(27)17-4-5-17/h10,15-17,19,28H,4-9,11-14H2,1-3H3,(H,24,27)/t19-,21-/m0/s1. The molecule has 4 rings (SSSR count). The maximum absolute atomic E-state index is 12.1. The maximum Gasteiger partial charge on any atom is 0.223 e. The minimum Gasteiger partial charge on any atom is -0.388 e. The summed E-state index contributed by atoms with van der Waals surface area (Å²) in [5.74, 6) is 0.815. The minimum atomic E-state index is -0.930. The van der Waals surface area contributed by atoms with E-state index in [1.807, 2.05) is 19.4 Å². The highest BCUT2D eigenvalue weighted by atomic mass is 16.5. The van der Waals surface area contributed by atoms with Gasteiger partial charge in [0.15, 0.2) is 0 Å². The fourth-order valence-corrected chi connectivity index (χ4v) is 4.80. The number of nitrogens with zero attached hydrogens (tertiary/aromatic N) is 3. The van der Waals surface area contributed by atoms with Gasteiger partial charge in [-0.05, 0) is 38.5 Å². The van der Waals surface area contributed by atoms with Gasteiger partial charge in [-0.15, -0.1) is 0 Å². The monoisotopic (exact) mass is 404 g/mol.